The molecule has 0 atom stereocenters. The van der Waals surface area contributed by atoms with Crippen LogP contribution < -0.4 is 0 Å². The third kappa shape index (κ3) is 17.0. The van der Waals surface area contributed by atoms with Gasteiger partial charge in [-0.15, -0.1) is 45.3 Å². The van der Waals surface area contributed by atoms with Crippen molar-refractivity contribution < 1.29 is 4.42 Å². The van der Waals surface area contributed by atoms with Crippen molar-refractivity contribution in [1.29, 1.82) is 0 Å². The molecule has 0 aliphatic heterocycles. The monoisotopic (exact) mass is 1890 g/mol. The lowest BCUT2D eigenvalue weighted by molar-refractivity contribution is 0.660. The maximum absolute atomic E-state index is 6.11. The van der Waals surface area contributed by atoms with Gasteiger partial charge in [-0.2, -0.15) is 0 Å². The first-order valence-electron chi connectivity index (χ1n) is 38.9. The lowest BCUT2D eigenvalue weighted by atomic mass is 9.82. The van der Waals surface area contributed by atoms with Crippen LogP contribution in [0.25, 0.3) is 184 Å². The molecule has 0 saturated heterocycles. The number of rotatable bonds is 7. The number of para-hydroxylation sites is 1. The van der Waals surface area contributed by atoms with E-state index in [2.05, 4.69) is 244 Å². The largest absolute Gasteiger partial charge is 0.456 e. The van der Waals surface area contributed by atoms with Crippen molar-refractivity contribution in [3.63, 3.8) is 0 Å². The Morgan fingerprint density at radius 2 is 0.790 bits per heavy atom. The van der Waals surface area contributed by atoms with Gasteiger partial charge in [-0.3, -0.25) is 0 Å². The molecule has 1 aliphatic carbocycles. The minimum Gasteiger partial charge on any atom is -0.456 e. The number of pyridine rings is 3. The SMILES string of the molecule is Brc1nc(-c2ccc3oc4ccccc4c3c2)c2cccnc2n1.CC1(C)c2ccccc2-c2ccc(-c3nc(Br)nc4ncccc34)cc21.Clc1cc2ccsc2cn1.Clc1nc(-c2ccc(-c3ccccc3)cc2)c2sccc2n1.Clc1nc(-c2cccc(-c3ccccc3)c2)c2sccc2n1.Clc1nc(-c2ccccc2)c2sc3ccccc3c2n1. The lowest BCUT2D eigenvalue weighted by Gasteiger charge is -2.22. The maximum Gasteiger partial charge on any atom is 0.223 e. The second kappa shape index (κ2) is 35.8. The van der Waals surface area contributed by atoms with Gasteiger partial charge in [0.1, 0.15) is 16.3 Å². The first-order chi connectivity index (χ1) is 60.7. The predicted octanol–water partition coefficient (Wildman–Crippen LogP) is 30.6. The van der Waals surface area contributed by atoms with Crippen LogP contribution in [-0.2, 0) is 5.41 Å². The van der Waals surface area contributed by atoms with Gasteiger partial charge in [0.2, 0.25) is 15.9 Å². The average molecular weight is 1890 g/mol. The Morgan fingerprint density at radius 1 is 0.315 bits per heavy atom. The molecule has 24 rings (SSSR count). The van der Waals surface area contributed by atoms with Crippen molar-refractivity contribution >= 4 is 218 Å². The number of halogens is 6. The van der Waals surface area contributed by atoms with E-state index in [-0.39, 0.29) is 16.0 Å². The van der Waals surface area contributed by atoms with Crippen LogP contribution in [0.1, 0.15) is 25.0 Å². The second-order valence-corrected chi connectivity index (χ2v) is 35.6. The highest BCUT2D eigenvalue weighted by Gasteiger charge is 2.35. The lowest BCUT2D eigenvalue weighted by Crippen LogP contribution is -2.14. The number of nitrogens with zero attached hydrogens (tertiary/aromatic N) is 13. The molecule has 0 fully saturated rings. The molecule has 0 bridgehead atoms. The zero-order valence-electron chi connectivity index (χ0n) is 65.4. The maximum atomic E-state index is 6.11. The molecule has 598 valence electrons. The van der Waals surface area contributed by atoms with E-state index in [1.807, 2.05) is 180 Å². The van der Waals surface area contributed by atoms with Crippen molar-refractivity contribution in [2.75, 3.05) is 0 Å². The molecule has 10 aromatic carbocycles. The third-order valence-electron chi connectivity index (χ3n) is 21.0. The number of hydrogen-bond donors (Lipinski definition) is 0. The minimum absolute atomic E-state index is 0.0275. The summed E-state index contributed by atoms with van der Waals surface area (Å²) in [5.41, 5.74) is 25.6. The van der Waals surface area contributed by atoms with Crippen LogP contribution in [0.5, 0.6) is 0 Å². The molecule has 0 N–H and O–H groups in total. The summed E-state index contributed by atoms with van der Waals surface area (Å²) in [6, 6.07) is 101. The molecule has 0 amide bonds. The number of fused-ring (bicyclic) bond motifs is 14. The fraction of sp³-hybridized carbons (Fsp3) is 0.0300. The van der Waals surface area contributed by atoms with Crippen molar-refractivity contribution in [1.82, 2.24) is 64.8 Å². The van der Waals surface area contributed by atoms with Gasteiger partial charge in [0.25, 0.3) is 0 Å². The van der Waals surface area contributed by atoms with Gasteiger partial charge < -0.3 is 4.42 Å². The summed E-state index contributed by atoms with van der Waals surface area (Å²) in [4.78, 5) is 56.9. The normalized spacial score (nSPS) is 11.8. The van der Waals surface area contributed by atoms with Crippen molar-refractivity contribution in [3.05, 3.63) is 374 Å². The average Bonchev–Trinajstić information content (AvgIpc) is 1.57. The van der Waals surface area contributed by atoms with Crippen LogP contribution in [0.3, 0.4) is 0 Å². The number of furan rings is 1. The van der Waals surface area contributed by atoms with Crippen molar-refractivity contribution in [2.24, 2.45) is 0 Å². The fourth-order valence-electron chi connectivity index (χ4n) is 15.2. The molecule has 0 unspecified atom stereocenters. The van der Waals surface area contributed by atoms with E-state index in [0.717, 1.165) is 131 Å². The van der Waals surface area contributed by atoms with E-state index in [1.54, 1.807) is 63.9 Å². The number of benzene rings is 10. The summed E-state index contributed by atoms with van der Waals surface area (Å²) in [5.74, 6) is 0. The summed E-state index contributed by atoms with van der Waals surface area (Å²) in [6.07, 6.45) is 5.29. The Labute approximate surface area is 763 Å². The summed E-state index contributed by atoms with van der Waals surface area (Å²) in [7, 11) is 0. The van der Waals surface area contributed by atoms with E-state index < -0.39 is 0 Å². The topological polar surface area (TPSA) is 181 Å². The van der Waals surface area contributed by atoms with E-state index in [1.165, 1.54) is 53.7 Å². The summed E-state index contributed by atoms with van der Waals surface area (Å²) in [5, 5.41) is 13.8. The fourth-order valence-corrected chi connectivity index (χ4v) is 20.2. The van der Waals surface area contributed by atoms with Gasteiger partial charge >= 0.3 is 0 Å². The van der Waals surface area contributed by atoms with Crippen LogP contribution in [-0.4, -0.2) is 64.8 Å². The molecule has 0 radical (unpaired) electrons. The zero-order valence-corrected chi connectivity index (χ0v) is 74.8. The van der Waals surface area contributed by atoms with E-state index >= 15 is 0 Å². The summed E-state index contributed by atoms with van der Waals surface area (Å²) < 4.78 is 12.6. The standard InChI is InChI=1S/C22H16BrN3.C19H10BrN3O.2C18H11ClN2S.C16H9ClN2S.C7H4ClNS/c1-22(2)17-8-4-3-6-14(17)15-10-9-13(12-18(15)22)19-16-7-5-11-24-20(16)26-21(23)25-19;20-19-22-17(13-5-3-9-21-18(13)23-19)11-7-8-16-14(10-11)12-4-1-2-6-15(12)24-16;19-18-20-15-9-10-22-17(15)16(21-18)14-8-4-7-13(11-14)12-5-2-1-3-6-12;19-18-20-15-10-11-22-17(15)16(21-18)14-8-6-13(7-9-14)12-4-2-1-3-5-12;17-16-18-13(10-6-2-1-3-7-10)15-14(19-16)11-8-4-5-9-12(11)20-15;8-7-3-5-1-2-10-6(5)4-9-7/h3-12H,1-2H3;1-10H;2*1-11H;1-9H;1-4H. The van der Waals surface area contributed by atoms with Crippen LogP contribution in [0.4, 0.5) is 0 Å². The number of aromatic nitrogens is 13. The molecular weight excluding hydrogens is 1830 g/mol. The quantitative estimate of drug-likeness (QED) is 0.109. The highest BCUT2D eigenvalue weighted by atomic mass is 79.9. The minimum atomic E-state index is -0.0275. The van der Waals surface area contributed by atoms with Gasteiger partial charge in [-0.1, -0.05) is 232 Å². The van der Waals surface area contributed by atoms with Gasteiger partial charge in [0.05, 0.1) is 63.8 Å². The molecule has 23 aromatic rings. The Hall–Kier alpha value is -12.4. The first-order valence-corrected chi connectivity index (χ1v) is 45.5. The summed E-state index contributed by atoms with van der Waals surface area (Å²) in [6.45, 7) is 4.58. The van der Waals surface area contributed by atoms with E-state index in [9.17, 15) is 0 Å². The molecular formula is C100H61Br2Cl4N13OS4. The number of thiophene rings is 4. The Bertz CT molecular complexity index is 7920. The Morgan fingerprint density at radius 3 is 1.46 bits per heavy atom. The van der Waals surface area contributed by atoms with E-state index in [0.29, 0.717) is 31.2 Å². The summed E-state index contributed by atoms with van der Waals surface area (Å²) >= 11 is 37.4. The molecule has 0 spiro atoms. The highest BCUT2D eigenvalue weighted by Crippen LogP contribution is 2.50. The van der Waals surface area contributed by atoms with Gasteiger partial charge in [-0.05, 0) is 224 Å². The predicted molar refractivity (Wildman–Crippen MR) is 522 cm³/mol. The Kier molecular flexibility index (Phi) is 23.5. The van der Waals surface area contributed by atoms with Crippen molar-refractivity contribution in [2.45, 2.75) is 19.3 Å². The van der Waals surface area contributed by atoms with Gasteiger partial charge in [0, 0.05) is 83.5 Å². The van der Waals surface area contributed by atoms with Crippen LogP contribution in [0.15, 0.2) is 346 Å². The molecule has 0 saturated carbocycles. The van der Waals surface area contributed by atoms with Crippen molar-refractivity contribution in [3.8, 4) is 89.7 Å². The second-order valence-electron chi connectivity index (χ2n) is 29.0. The zero-order chi connectivity index (χ0) is 84.4. The van der Waals surface area contributed by atoms with Crippen LogP contribution >= 0.6 is 124 Å². The molecule has 14 nitrogen and oxygen atoms in total. The molecule has 13 aromatic heterocycles. The van der Waals surface area contributed by atoms with Gasteiger partial charge in [0.15, 0.2) is 20.8 Å². The first kappa shape index (κ1) is 81.3. The number of hydrogen-bond acceptors (Lipinski definition) is 18. The molecule has 13 heterocycles. The van der Waals surface area contributed by atoms with Gasteiger partial charge in [-0.25, -0.2) is 64.8 Å². The molecule has 1 aliphatic rings. The molecule has 24 heteroatoms. The Balaban J connectivity index is 0.0000000990. The molecule has 124 heavy (non-hydrogen) atoms. The smallest absolute Gasteiger partial charge is 0.223 e. The third-order valence-corrected chi connectivity index (χ3v) is 26.3. The van der Waals surface area contributed by atoms with Crippen LogP contribution in [0, 0.1) is 0 Å². The van der Waals surface area contributed by atoms with E-state index in [4.69, 9.17) is 50.8 Å². The van der Waals surface area contributed by atoms with Crippen LogP contribution in [0.2, 0.25) is 21.0 Å². The highest BCUT2D eigenvalue weighted by molar-refractivity contribution is 9.10.